The number of aromatic nitrogens is 2. The number of hydrogen-bond donors (Lipinski definition) is 2. The standard InChI is InChI=1S/C21H23ClN4O4/c1-13(2)10-23-21(28)19-16(11-24-26(19)3)25-20(27)18-9-8-14(30-18)12-29-17-7-5-4-6-15(17)22/h4-9,11,13H,10,12H2,1-3H3,(H,23,28)(H,25,27). The zero-order valence-electron chi connectivity index (χ0n) is 16.9. The molecule has 0 radical (unpaired) electrons. The van der Waals surface area contributed by atoms with Crippen LogP contribution in [0.25, 0.3) is 0 Å². The van der Waals surface area contributed by atoms with Crippen molar-refractivity contribution in [2.75, 3.05) is 11.9 Å². The molecule has 0 aliphatic heterocycles. The molecule has 1 aromatic carbocycles. The number of rotatable bonds is 8. The van der Waals surface area contributed by atoms with Crippen LogP contribution in [-0.4, -0.2) is 28.1 Å². The second-order valence-electron chi connectivity index (χ2n) is 7.07. The van der Waals surface area contributed by atoms with Crippen LogP contribution in [0.5, 0.6) is 5.75 Å². The van der Waals surface area contributed by atoms with Gasteiger partial charge in [0.1, 0.15) is 23.8 Å². The minimum atomic E-state index is -0.495. The Kier molecular flexibility index (Phi) is 6.79. The highest BCUT2D eigenvalue weighted by molar-refractivity contribution is 6.32. The minimum absolute atomic E-state index is 0.0881. The largest absolute Gasteiger partial charge is 0.484 e. The maximum Gasteiger partial charge on any atom is 0.291 e. The van der Waals surface area contributed by atoms with Gasteiger partial charge in [-0.2, -0.15) is 5.10 Å². The number of carbonyl (C=O) groups excluding carboxylic acids is 2. The van der Waals surface area contributed by atoms with Crippen molar-refractivity contribution in [3.63, 3.8) is 0 Å². The molecule has 0 aliphatic carbocycles. The van der Waals surface area contributed by atoms with Gasteiger partial charge in [-0.1, -0.05) is 37.6 Å². The van der Waals surface area contributed by atoms with Gasteiger partial charge in [0.2, 0.25) is 0 Å². The summed E-state index contributed by atoms with van der Waals surface area (Å²) in [7, 11) is 1.64. The Balaban J connectivity index is 1.65. The van der Waals surface area contributed by atoms with Gasteiger partial charge in [0.15, 0.2) is 5.76 Å². The predicted octanol–water partition coefficient (Wildman–Crippen LogP) is 3.88. The van der Waals surface area contributed by atoms with Crippen molar-refractivity contribution >= 4 is 29.1 Å². The van der Waals surface area contributed by atoms with Crippen molar-refractivity contribution in [2.24, 2.45) is 13.0 Å². The molecule has 0 unspecified atom stereocenters. The molecule has 0 saturated carbocycles. The van der Waals surface area contributed by atoms with E-state index in [9.17, 15) is 9.59 Å². The minimum Gasteiger partial charge on any atom is -0.484 e. The molecule has 2 aromatic heterocycles. The summed E-state index contributed by atoms with van der Waals surface area (Å²) >= 11 is 6.06. The van der Waals surface area contributed by atoms with E-state index in [0.29, 0.717) is 34.7 Å². The van der Waals surface area contributed by atoms with Crippen molar-refractivity contribution in [2.45, 2.75) is 20.5 Å². The van der Waals surface area contributed by atoms with Crippen molar-refractivity contribution in [1.29, 1.82) is 0 Å². The van der Waals surface area contributed by atoms with Crippen molar-refractivity contribution in [1.82, 2.24) is 15.1 Å². The first kappa shape index (κ1) is 21.4. The van der Waals surface area contributed by atoms with Gasteiger partial charge in [0.05, 0.1) is 16.9 Å². The van der Waals surface area contributed by atoms with Crippen LogP contribution < -0.4 is 15.4 Å². The molecular weight excluding hydrogens is 408 g/mol. The number of amides is 2. The lowest BCUT2D eigenvalue weighted by Gasteiger charge is -2.10. The van der Waals surface area contributed by atoms with Crippen LogP contribution in [0.3, 0.4) is 0 Å². The van der Waals surface area contributed by atoms with Gasteiger partial charge >= 0.3 is 0 Å². The van der Waals surface area contributed by atoms with E-state index in [1.54, 1.807) is 31.3 Å². The van der Waals surface area contributed by atoms with E-state index in [-0.39, 0.29) is 24.0 Å². The number of carbonyl (C=O) groups is 2. The average Bonchev–Trinajstić information content (AvgIpc) is 3.32. The molecule has 3 aromatic rings. The van der Waals surface area contributed by atoms with Gasteiger partial charge in [-0.25, -0.2) is 0 Å². The molecule has 0 spiro atoms. The Morgan fingerprint density at radius 1 is 1.20 bits per heavy atom. The molecule has 0 atom stereocenters. The van der Waals surface area contributed by atoms with Crippen molar-refractivity contribution in [3.8, 4) is 5.75 Å². The first-order valence-corrected chi connectivity index (χ1v) is 9.80. The van der Waals surface area contributed by atoms with Gasteiger partial charge in [0, 0.05) is 13.6 Å². The lowest BCUT2D eigenvalue weighted by atomic mass is 10.2. The van der Waals surface area contributed by atoms with Crippen molar-refractivity contribution in [3.05, 3.63) is 64.8 Å². The van der Waals surface area contributed by atoms with E-state index < -0.39 is 5.91 Å². The highest BCUT2D eigenvalue weighted by Gasteiger charge is 2.20. The van der Waals surface area contributed by atoms with E-state index in [2.05, 4.69) is 15.7 Å². The van der Waals surface area contributed by atoms with Crippen LogP contribution in [0.15, 0.2) is 47.0 Å². The number of hydrogen-bond acceptors (Lipinski definition) is 5. The summed E-state index contributed by atoms with van der Waals surface area (Å²) in [6.45, 7) is 4.63. The van der Waals surface area contributed by atoms with Gasteiger partial charge in [0.25, 0.3) is 11.8 Å². The van der Waals surface area contributed by atoms with E-state index in [1.807, 2.05) is 19.9 Å². The third kappa shape index (κ3) is 5.21. The fraction of sp³-hybridized carbons (Fsp3) is 0.286. The van der Waals surface area contributed by atoms with E-state index in [4.69, 9.17) is 20.8 Å². The summed E-state index contributed by atoms with van der Waals surface area (Å²) in [6.07, 6.45) is 1.42. The first-order chi connectivity index (χ1) is 14.3. The fourth-order valence-corrected chi connectivity index (χ4v) is 2.84. The first-order valence-electron chi connectivity index (χ1n) is 9.42. The SMILES string of the molecule is CC(C)CNC(=O)c1c(NC(=O)c2ccc(COc3ccccc3Cl)o2)cnn1C. The predicted molar refractivity (Wildman–Crippen MR) is 113 cm³/mol. The topological polar surface area (TPSA) is 98.4 Å². The fourth-order valence-electron chi connectivity index (χ4n) is 2.65. The zero-order valence-corrected chi connectivity index (χ0v) is 17.7. The molecule has 2 N–H and O–H groups in total. The lowest BCUT2D eigenvalue weighted by Crippen LogP contribution is -2.30. The monoisotopic (exact) mass is 430 g/mol. The Morgan fingerprint density at radius 2 is 1.97 bits per heavy atom. The molecule has 158 valence electrons. The molecule has 3 rings (SSSR count). The summed E-state index contributed by atoms with van der Waals surface area (Å²) in [5.41, 5.74) is 0.562. The van der Waals surface area contributed by atoms with Crippen LogP contribution in [-0.2, 0) is 13.7 Å². The van der Waals surface area contributed by atoms with Crippen LogP contribution in [0, 0.1) is 5.92 Å². The lowest BCUT2D eigenvalue weighted by molar-refractivity contribution is 0.0940. The third-order valence-electron chi connectivity index (χ3n) is 4.16. The van der Waals surface area contributed by atoms with Crippen LogP contribution in [0.4, 0.5) is 5.69 Å². The summed E-state index contributed by atoms with van der Waals surface area (Å²) in [4.78, 5) is 25.0. The van der Waals surface area contributed by atoms with Crippen LogP contribution in [0.2, 0.25) is 5.02 Å². The number of ether oxygens (including phenoxy) is 1. The Hall–Kier alpha value is -3.26. The van der Waals surface area contributed by atoms with Gasteiger partial charge < -0.3 is 19.8 Å². The van der Waals surface area contributed by atoms with E-state index in [1.165, 1.54) is 16.9 Å². The quantitative estimate of drug-likeness (QED) is 0.565. The summed E-state index contributed by atoms with van der Waals surface area (Å²) < 4.78 is 12.6. The summed E-state index contributed by atoms with van der Waals surface area (Å²) in [6, 6.07) is 10.3. The third-order valence-corrected chi connectivity index (χ3v) is 4.48. The number of halogens is 1. The number of anilines is 1. The van der Waals surface area contributed by atoms with Crippen LogP contribution >= 0.6 is 11.6 Å². The molecule has 2 heterocycles. The Bertz CT molecular complexity index is 1040. The van der Waals surface area contributed by atoms with Gasteiger partial charge in [-0.3, -0.25) is 14.3 Å². The maximum atomic E-state index is 12.6. The van der Waals surface area contributed by atoms with E-state index in [0.717, 1.165) is 0 Å². The number of nitrogens with zero attached hydrogens (tertiary/aromatic N) is 2. The normalized spacial score (nSPS) is 10.8. The molecular formula is C21H23ClN4O4. The van der Waals surface area contributed by atoms with Gasteiger partial charge in [-0.15, -0.1) is 0 Å². The molecule has 30 heavy (non-hydrogen) atoms. The number of para-hydroxylation sites is 1. The van der Waals surface area contributed by atoms with Gasteiger partial charge in [-0.05, 0) is 30.2 Å². The molecule has 9 heteroatoms. The maximum absolute atomic E-state index is 12.6. The second kappa shape index (κ2) is 9.49. The summed E-state index contributed by atoms with van der Waals surface area (Å²) in [5, 5.41) is 10.0. The molecule has 0 aliphatic rings. The molecule has 0 bridgehead atoms. The Labute approximate surface area is 179 Å². The highest BCUT2D eigenvalue weighted by atomic mass is 35.5. The highest BCUT2D eigenvalue weighted by Crippen LogP contribution is 2.24. The van der Waals surface area contributed by atoms with Crippen molar-refractivity contribution < 1.29 is 18.7 Å². The Morgan fingerprint density at radius 3 is 2.70 bits per heavy atom. The average molecular weight is 431 g/mol. The number of aryl methyl sites for hydroxylation is 1. The number of nitrogens with one attached hydrogen (secondary N) is 2. The second-order valence-corrected chi connectivity index (χ2v) is 7.48. The number of furan rings is 1. The van der Waals surface area contributed by atoms with E-state index >= 15 is 0 Å². The molecule has 8 nitrogen and oxygen atoms in total. The summed E-state index contributed by atoms with van der Waals surface area (Å²) in [5.74, 6) is 0.562. The molecule has 0 saturated heterocycles. The molecule has 2 amide bonds. The smallest absolute Gasteiger partial charge is 0.291 e. The van der Waals surface area contributed by atoms with Crippen LogP contribution in [0.1, 0.15) is 40.7 Å². The number of benzene rings is 1. The zero-order chi connectivity index (χ0) is 21.7. The molecule has 0 fully saturated rings.